The molecule has 1 aromatic carbocycles. The van der Waals surface area contributed by atoms with Gasteiger partial charge >= 0.3 is 0 Å². The Morgan fingerprint density at radius 3 is 2.53 bits per heavy atom. The van der Waals surface area contributed by atoms with E-state index in [1.165, 1.54) is 0 Å². The Balaban J connectivity index is 2.69. The summed E-state index contributed by atoms with van der Waals surface area (Å²) in [5.41, 5.74) is 1.02. The molecule has 0 fully saturated rings. The van der Waals surface area contributed by atoms with Gasteiger partial charge in [-0.3, -0.25) is 0 Å². The number of hydrogen-bond acceptors (Lipinski definition) is 3. The van der Waals surface area contributed by atoms with Gasteiger partial charge in [-0.15, -0.1) is 6.58 Å². The van der Waals surface area contributed by atoms with E-state index in [-0.39, 0.29) is 6.61 Å². The first-order valence-corrected chi connectivity index (χ1v) is 4.97. The molecule has 3 heteroatoms. The van der Waals surface area contributed by atoms with Gasteiger partial charge in [0.05, 0.1) is 12.7 Å². The van der Waals surface area contributed by atoms with E-state index >= 15 is 0 Å². The van der Waals surface area contributed by atoms with E-state index in [9.17, 15) is 5.11 Å². The fraction of sp³-hybridized carbons (Fsp3) is 0.333. The molecular weight excluding hydrogens is 190 g/mol. The number of rotatable bonds is 6. The molecule has 3 nitrogen and oxygen atoms in total. The minimum Gasteiger partial charge on any atom is -0.394 e. The van der Waals surface area contributed by atoms with Crippen LogP contribution in [0.5, 0.6) is 0 Å². The number of aliphatic hydroxyl groups excluding tert-OH is 2. The van der Waals surface area contributed by atoms with Crippen molar-refractivity contribution in [3.8, 4) is 0 Å². The summed E-state index contributed by atoms with van der Waals surface area (Å²) in [6.07, 6.45) is 1.06. The van der Waals surface area contributed by atoms with E-state index in [1.54, 1.807) is 6.08 Å². The van der Waals surface area contributed by atoms with Gasteiger partial charge in [0, 0.05) is 18.8 Å². The van der Waals surface area contributed by atoms with Crippen LogP contribution in [0.3, 0.4) is 0 Å². The molecule has 1 rings (SSSR count). The summed E-state index contributed by atoms with van der Waals surface area (Å²) in [7, 11) is 0. The lowest BCUT2D eigenvalue weighted by Crippen LogP contribution is -2.34. The molecule has 0 spiro atoms. The maximum absolute atomic E-state index is 9.39. The zero-order valence-corrected chi connectivity index (χ0v) is 8.71. The first kappa shape index (κ1) is 11.8. The third kappa shape index (κ3) is 3.73. The maximum atomic E-state index is 9.39. The SMILES string of the molecule is C=CCN(CC(O)CO)c1ccccc1. The first-order chi connectivity index (χ1) is 7.27. The summed E-state index contributed by atoms with van der Waals surface area (Å²) in [6, 6.07) is 9.76. The fourth-order valence-corrected chi connectivity index (χ4v) is 1.39. The quantitative estimate of drug-likeness (QED) is 0.685. The molecule has 1 unspecified atom stereocenters. The van der Waals surface area contributed by atoms with Gasteiger partial charge in [-0.05, 0) is 12.1 Å². The topological polar surface area (TPSA) is 43.7 Å². The van der Waals surface area contributed by atoms with Crippen molar-refractivity contribution in [1.29, 1.82) is 0 Å². The molecule has 0 heterocycles. The van der Waals surface area contributed by atoms with Gasteiger partial charge in [-0.2, -0.15) is 0 Å². The molecule has 1 aromatic rings. The third-order valence-electron chi connectivity index (χ3n) is 2.11. The van der Waals surface area contributed by atoms with Crippen molar-refractivity contribution in [3.63, 3.8) is 0 Å². The van der Waals surface area contributed by atoms with Gasteiger partial charge in [0.25, 0.3) is 0 Å². The van der Waals surface area contributed by atoms with E-state index in [2.05, 4.69) is 6.58 Å². The van der Waals surface area contributed by atoms with Gasteiger partial charge in [0.2, 0.25) is 0 Å². The van der Waals surface area contributed by atoms with E-state index in [0.29, 0.717) is 13.1 Å². The number of nitrogens with zero attached hydrogens (tertiary/aromatic N) is 1. The lowest BCUT2D eigenvalue weighted by atomic mass is 10.2. The molecule has 0 saturated carbocycles. The van der Waals surface area contributed by atoms with E-state index in [1.807, 2.05) is 35.2 Å². The van der Waals surface area contributed by atoms with E-state index < -0.39 is 6.10 Å². The minimum atomic E-state index is -0.717. The Hall–Kier alpha value is -1.32. The predicted molar refractivity (Wildman–Crippen MR) is 61.9 cm³/mol. The molecule has 0 saturated heterocycles. The van der Waals surface area contributed by atoms with Gasteiger partial charge in [-0.25, -0.2) is 0 Å². The molecule has 0 aliphatic carbocycles. The summed E-state index contributed by atoms with van der Waals surface area (Å²) in [5.74, 6) is 0. The van der Waals surface area contributed by atoms with Crippen molar-refractivity contribution in [2.45, 2.75) is 6.10 Å². The predicted octanol–water partition coefficient (Wildman–Crippen LogP) is 1.03. The van der Waals surface area contributed by atoms with E-state index in [0.717, 1.165) is 5.69 Å². The van der Waals surface area contributed by atoms with Crippen molar-refractivity contribution in [1.82, 2.24) is 0 Å². The molecule has 0 radical (unpaired) electrons. The monoisotopic (exact) mass is 207 g/mol. The van der Waals surface area contributed by atoms with Crippen LogP contribution in [-0.4, -0.2) is 36.0 Å². The second-order valence-electron chi connectivity index (χ2n) is 3.37. The standard InChI is InChI=1S/C12H17NO2/c1-2-8-13(9-12(15)10-14)11-6-4-3-5-7-11/h2-7,12,14-15H,1,8-10H2. The normalized spacial score (nSPS) is 12.1. The van der Waals surface area contributed by atoms with Crippen LogP contribution < -0.4 is 4.90 Å². The fourth-order valence-electron chi connectivity index (χ4n) is 1.39. The highest BCUT2D eigenvalue weighted by Gasteiger charge is 2.09. The molecule has 82 valence electrons. The smallest absolute Gasteiger partial charge is 0.0945 e. The van der Waals surface area contributed by atoms with Gasteiger partial charge in [0.15, 0.2) is 0 Å². The molecule has 0 amide bonds. The Morgan fingerprint density at radius 1 is 1.33 bits per heavy atom. The molecule has 0 aliphatic rings. The number of aliphatic hydroxyl groups is 2. The molecular formula is C12H17NO2. The van der Waals surface area contributed by atoms with Crippen molar-refractivity contribution in [2.24, 2.45) is 0 Å². The minimum absolute atomic E-state index is 0.222. The van der Waals surface area contributed by atoms with Crippen LogP contribution >= 0.6 is 0 Å². The second kappa shape index (κ2) is 6.22. The maximum Gasteiger partial charge on any atom is 0.0945 e. The van der Waals surface area contributed by atoms with Crippen molar-refractivity contribution < 1.29 is 10.2 Å². The summed E-state index contributed by atoms with van der Waals surface area (Å²) >= 11 is 0. The van der Waals surface area contributed by atoms with Crippen LogP contribution in [-0.2, 0) is 0 Å². The van der Waals surface area contributed by atoms with Gasteiger partial charge < -0.3 is 15.1 Å². The second-order valence-corrected chi connectivity index (χ2v) is 3.37. The third-order valence-corrected chi connectivity index (χ3v) is 2.11. The Kier molecular flexibility index (Phi) is 4.87. The van der Waals surface area contributed by atoms with Gasteiger partial charge in [-0.1, -0.05) is 24.3 Å². The average Bonchev–Trinajstić information content (AvgIpc) is 2.29. The van der Waals surface area contributed by atoms with Crippen LogP contribution in [0, 0.1) is 0 Å². The van der Waals surface area contributed by atoms with Crippen molar-refractivity contribution in [2.75, 3.05) is 24.6 Å². The van der Waals surface area contributed by atoms with Gasteiger partial charge in [0.1, 0.15) is 0 Å². The molecule has 0 bridgehead atoms. The van der Waals surface area contributed by atoms with Crippen LogP contribution in [0.25, 0.3) is 0 Å². The zero-order valence-electron chi connectivity index (χ0n) is 8.71. The number of para-hydroxylation sites is 1. The molecule has 0 aromatic heterocycles. The lowest BCUT2D eigenvalue weighted by Gasteiger charge is -2.25. The molecule has 2 N–H and O–H groups in total. The number of benzene rings is 1. The zero-order chi connectivity index (χ0) is 11.1. The lowest BCUT2D eigenvalue weighted by molar-refractivity contribution is 0.100. The molecule has 1 atom stereocenters. The van der Waals surface area contributed by atoms with E-state index in [4.69, 9.17) is 5.11 Å². The summed E-state index contributed by atoms with van der Waals surface area (Å²) in [6.45, 7) is 4.51. The molecule has 15 heavy (non-hydrogen) atoms. The van der Waals surface area contributed by atoms with Crippen LogP contribution in [0.15, 0.2) is 43.0 Å². The van der Waals surface area contributed by atoms with Crippen LogP contribution in [0.4, 0.5) is 5.69 Å². The summed E-state index contributed by atoms with van der Waals surface area (Å²) in [5, 5.41) is 18.2. The highest BCUT2D eigenvalue weighted by atomic mass is 16.3. The Labute approximate surface area is 90.3 Å². The number of anilines is 1. The average molecular weight is 207 g/mol. The van der Waals surface area contributed by atoms with Crippen molar-refractivity contribution in [3.05, 3.63) is 43.0 Å². The highest BCUT2D eigenvalue weighted by Crippen LogP contribution is 2.13. The summed E-state index contributed by atoms with van der Waals surface area (Å²) < 4.78 is 0. The van der Waals surface area contributed by atoms with Crippen LogP contribution in [0.1, 0.15) is 0 Å². The Morgan fingerprint density at radius 2 is 2.00 bits per heavy atom. The highest BCUT2D eigenvalue weighted by molar-refractivity contribution is 5.46. The largest absolute Gasteiger partial charge is 0.394 e. The van der Waals surface area contributed by atoms with Crippen LogP contribution in [0.2, 0.25) is 0 Å². The number of hydrogen-bond donors (Lipinski definition) is 2. The Bertz CT molecular complexity index is 287. The summed E-state index contributed by atoms with van der Waals surface area (Å²) in [4.78, 5) is 1.97. The first-order valence-electron chi connectivity index (χ1n) is 4.97. The molecule has 0 aliphatic heterocycles. The van der Waals surface area contributed by atoms with Crippen molar-refractivity contribution >= 4 is 5.69 Å².